The molecule has 7 heteroatoms. The molecular weight excluding hydrogens is 422 g/mol. The van der Waals surface area contributed by atoms with Crippen molar-refractivity contribution >= 4 is 17.4 Å². The van der Waals surface area contributed by atoms with E-state index in [1.807, 2.05) is 19.1 Å². The number of carbonyl (C=O) groups is 2. The summed E-state index contributed by atoms with van der Waals surface area (Å²) >= 11 is 0. The molecule has 2 aliphatic rings. The predicted octanol–water partition coefficient (Wildman–Crippen LogP) is 3.64. The van der Waals surface area contributed by atoms with Gasteiger partial charge in [0.05, 0.1) is 18.2 Å². The first-order valence-corrected chi connectivity index (χ1v) is 10.9. The number of aliphatic hydroxyl groups excluding tert-OH is 1. The number of aliphatic hydroxyl groups is 1. The monoisotopic (exact) mass is 449 g/mol. The lowest BCUT2D eigenvalue weighted by molar-refractivity contribution is -0.140. The van der Waals surface area contributed by atoms with E-state index < -0.39 is 17.7 Å². The van der Waals surface area contributed by atoms with Crippen LogP contribution in [-0.2, 0) is 20.7 Å². The molecule has 0 bridgehead atoms. The molecule has 1 amide bonds. The van der Waals surface area contributed by atoms with Crippen molar-refractivity contribution < 1.29 is 28.9 Å². The smallest absolute Gasteiger partial charge is 0.295 e. The SMILES string of the molecule is C=CCOc1cccc(C2/C(=C(\O)c3ccc4c(c3)CC(C)O4)C(=O)C(=O)N2CCOC)c1. The van der Waals surface area contributed by atoms with Crippen LogP contribution in [0.15, 0.2) is 60.7 Å². The Hall–Kier alpha value is -3.58. The number of ether oxygens (including phenoxy) is 3. The second-order valence-electron chi connectivity index (χ2n) is 8.11. The van der Waals surface area contributed by atoms with Crippen molar-refractivity contribution in [2.24, 2.45) is 0 Å². The van der Waals surface area contributed by atoms with Crippen molar-refractivity contribution in [1.82, 2.24) is 4.90 Å². The Balaban J connectivity index is 1.81. The van der Waals surface area contributed by atoms with Gasteiger partial charge in [-0.1, -0.05) is 24.8 Å². The lowest BCUT2D eigenvalue weighted by Crippen LogP contribution is -2.32. The first-order valence-electron chi connectivity index (χ1n) is 10.9. The second kappa shape index (κ2) is 9.50. The Kier molecular flexibility index (Phi) is 6.51. The summed E-state index contributed by atoms with van der Waals surface area (Å²) in [7, 11) is 1.53. The maximum absolute atomic E-state index is 13.1. The number of carbonyl (C=O) groups excluding carboxylic acids is 2. The van der Waals surface area contributed by atoms with Crippen LogP contribution in [0.5, 0.6) is 11.5 Å². The molecule has 2 unspecified atom stereocenters. The number of rotatable bonds is 8. The number of hydrogen-bond acceptors (Lipinski definition) is 6. The zero-order valence-electron chi connectivity index (χ0n) is 18.7. The quantitative estimate of drug-likeness (QED) is 0.287. The van der Waals surface area contributed by atoms with Crippen molar-refractivity contribution in [2.45, 2.75) is 25.5 Å². The summed E-state index contributed by atoms with van der Waals surface area (Å²) in [6.45, 7) is 6.41. The molecule has 172 valence electrons. The van der Waals surface area contributed by atoms with Crippen LogP contribution >= 0.6 is 0 Å². The summed E-state index contributed by atoms with van der Waals surface area (Å²) in [4.78, 5) is 27.5. The molecule has 0 saturated carbocycles. The first kappa shape index (κ1) is 22.6. The van der Waals surface area contributed by atoms with E-state index >= 15 is 0 Å². The van der Waals surface area contributed by atoms with E-state index in [0.29, 0.717) is 29.9 Å². The van der Waals surface area contributed by atoms with Gasteiger partial charge in [0.1, 0.15) is 30.0 Å². The normalized spacial score (nSPS) is 21.1. The third-order valence-corrected chi connectivity index (χ3v) is 5.79. The highest BCUT2D eigenvalue weighted by Gasteiger charge is 2.46. The minimum atomic E-state index is -0.768. The summed E-state index contributed by atoms with van der Waals surface area (Å²) < 4.78 is 16.5. The summed E-state index contributed by atoms with van der Waals surface area (Å²) in [6.07, 6.45) is 2.40. The van der Waals surface area contributed by atoms with E-state index in [1.54, 1.807) is 36.4 Å². The molecule has 4 rings (SSSR count). The Labute approximate surface area is 192 Å². The topological polar surface area (TPSA) is 85.3 Å². The molecule has 2 aromatic rings. The van der Waals surface area contributed by atoms with E-state index in [2.05, 4.69) is 6.58 Å². The number of fused-ring (bicyclic) bond motifs is 1. The number of Topliss-reactive ketones (excluding diaryl/α,β-unsaturated/α-hetero) is 1. The molecule has 0 radical (unpaired) electrons. The van der Waals surface area contributed by atoms with Crippen molar-refractivity contribution in [3.05, 3.63) is 77.4 Å². The molecule has 7 nitrogen and oxygen atoms in total. The molecule has 2 atom stereocenters. The molecule has 0 spiro atoms. The lowest BCUT2D eigenvalue weighted by Gasteiger charge is -2.25. The number of hydrogen-bond donors (Lipinski definition) is 1. The molecule has 1 saturated heterocycles. The summed E-state index contributed by atoms with van der Waals surface area (Å²) in [6, 6.07) is 11.7. The van der Waals surface area contributed by atoms with Crippen LogP contribution in [0, 0.1) is 0 Å². The van der Waals surface area contributed by atoms with Gasteiger partial charge in [0, 0.05) is 25.6 Å². The highest BCUT2D eigenvalue weighted by Crippen LogP contribution is 2.41. The van der Waals surface area contributed by atoms with Crippen LogP contribution in [0.3, 0.4) is 0 Å². The number of methoxy groups -OCH3 is 1. The number of amides is 1. The van der Waals surface area contributed by atoms with Crippen molar-refractivity contribution in [3.63, 3.8) is 0 Å². The van der Waals surface area contributed by atoms with Gasteiger partial charge in [0.25, 0.3) is 11.7 Å². The maximum Gasteiger partial charge on any atom is 0.295 e. The van der Waals surface area contributed by atoms with E-state index in [-0.39, 0.29) is 30.6 Å². The molecule has 2 aromatic carbocycles. The zero-order valence-corrected chi connectivity index (χ0v) is 18.7. The molecule has 0 aromatic heterocycles. The minimum absolute atomic E-state index is 0.0453. The number of ketones is 1. The van der Waals surface area contributed by atoms with Crippen LogP contribution in [0.2, 0.25) is 0 Å². The van der Waals surface area contributed by atoms with Crippen molar-refractivity contribution in [2.75, 3.05) is 26.9 Å². The fourth-order valence-corrected chi connectivity index (χ4v) is 4.30. The Bertz CT molecular complexity index is 1120. The maximum atomic E-state index is 13.1. The Morgan fingerprint density at radius 3 is 2.85 bits per heavy atom. The molecule has 2 heterocycles. The van der Waals surface area contributed by atoms with Gasteiger partial charge in [-0.2, -0.15) is 0 Å². The Morgan fingerprint density at radius 1 is 1.27 bits per heavy atom. The van der Waals surface area contributed by atoms with Gasteiger partial charge >= 0.3 is 0 Å². The third-order valence-electron chi connectivity index (χ3n) is 5.79. The summed E-state index contributed by atoms with van der Waals surface area (Å²) in [5.41, 5.74) is 2.13. The van der Waals surface area contributed by atoms with Gasteiger partial charge in [-0.3, -0.25) is 9.59 Å². The van der Waals surface area contributed by atoms with E-state index in [1.165, 1.54) is 12.0 Å². The molecule has 1 N–H and O–H groups in total. The van der Waals surface area contributed by atoms with Crippen LogP contribution in [0.4, 0.5) is 0 Å². The number of likely N-dealkylation sites (tertiary alicyclic amines) is 1. The fourth-order valence-electron chi connectivity index (χ4n) is 4.30. The van der Waals surface area contributed by atoms with Gasteiger partial charge in [0.15, 0.2) is 0 Å². The predicted molar refractivity (Wildman–Crippen MR) is 123 cm³/mol. The van der Waals surface area contributed by atoms with Gasteiger partial charge in [0.2, 0.25) is 0 Å². The average Bonchev–Trinajstić information content (AvgIpc) is 3.31. The standard InChI is InChI=1S/C26H27NO6/c1-4-11-32-20-7-5-6-17(15-20)23-22(25(29)26(30)27(23)10-12-31-3)24(28)18-8-9-21-19(14-18)13-16(2)33-21/h4-9,14-16,23,28H,1,10-13H2,2-3H3/b24-22+. The van der Waals surface area contributed by atoms with E-state index in [4.69, 9.17) is 14.2 Å². The van der Waals surface area contributed by atoms with Crippen LogP contribution in [-0.4, -0.2) is 54.7 Å². The highest BCUT2D eigenvalue weighted by atomic mass is 16.5. The summed E-state index contributed by atoms with van der Waals surface area (Å²) in [5, 5.41) is 11.3. The molecule has 2 aliphatic heterocycles. The van der Waals surface area contributed by atoms with E-state index in [0.717, 1.165) is 11.3 Å². The van der Waals surface area contributed by atoms with Gasteiger partial charge in [-0.15, -0.1) is 0 Å². The molecule has 0 aliphatic carbocycles. The molecule has 1 fully saturated rings. The van der Waals surface area contributed by atoms with Gasteiger partial charge in [-0.05, 0) is 48.4 Å². The molecular formula is C26H27NO6. The third kappa shape index (κ3) is 4.36. The largest absolute Gasteiger partial charge is 0.507 e. The minimum Gasteiger partial charge on any atom is -0.507 e. The molecule has 33 heavy (non-hydrogen) atoms. The fraction of sp³-hybridized carbons (Fsp3) is 0.308. The van der Waals surface area contributed by atoms with Gasteiger partial charge in [-0.25, -0.2) is 0 Å². The second-order valence-corrected chi connectivity index (χ2v) is 8.11. The highest BCUT2D eigenvalue weighted by molar-refractivity contribution is 6.46. The van der Waals surface area contributed by atoms with Crippen LogP contribution < -0.4 is 9.47 Å². The van der Waals surface area contributed by atoms with Crippen molar-refractivity contribution in [1.29, 1.82) is 0 Å². The number of benzene rings is 2. The van der Waals surface area contributed by atoms with Crippen LogP contribution in [0.1, 0.15) is 29.7 Å². The first-order chi connectivity index (χ1) is 15.9. The Morgan fingerprint density at radius 2 is 2.09 bits per heavy atom. The number of nitrogens with zero attached hydrogens (tertiary/aromatic N) is 1. The van der Waals surface area contributed by atoms with Crippen molar-refractivity contribution in [3.8, 4) is 11.5 Å². The summed E-state index contributed by atoms with van der Waals surface area (Å²) in [5.74, 6) is -0.264. The van der Waals surface area contributed by atoms with Gasteiger partial charge < -0.3 is 24.2 Å². The van der Waals surface area contributed by atoms with E-state index in [9.17, 15) is 14.7 Å². The zero-order chi connectivity index (χ0) is 23.5. The lowest BCUT2D eigenvalue weighted by atomic mass is 9.94. The van der Waals surface area contributed by atoms with Crippen LogP contribution in [0.25, 0.3) is 5.76 Å². The average molecular weight is 450 g/mol.